The molecule has 1 aliphatic heterocycles. The number of amides is 2. The van der Waals surface area contributed by atoms with Crippen molar-refractivity contribution in [2.45, 2.75) is 33.2 Å². The topological polar surface area (TPSA) is 62.3 Å². The van der Waals surface area contributed by atoms with Crippen LogP contribution >= 0.6 is 0 Å². The number of aromatic nitrogens is 1. The molecule has 1 aliphatic rings. The first-order valence-electron chi connectivity index (χ1n) is 6.50. The normalized spacial score (nSPS) is 19.8. The van der Waals surface area contributed by atoms with E-state index in [1.165, 1.54) is 4.90 Å². The summed E-state index contributed by atoms with van der Waals surface area (Å²) in [6.45, 7) is 6.05. The van der Waals surface area contributed by atoms with Crippen molar-refractivity contribution in [1.82, 2.24) is 10.3 Å². The fourth-order valence-corrected chi connectivity index (χ4v) is 2.28. The smallest absolute Gasteiger partial charge is 0.250 e. The molecule has 1 atom stereocenters. The highest BCUT2D eigenvalue weighted by molar-refractivity contribution is 6.06. The van der Waals surface area contributed by atoms with Crippen molar-refractivity contribution in [2.75, 3.05) is 11.4 Å². The van der Waals surface area contributed by atoms with E-state index in [2.05, 4.69) is 10.3 Å². The highest BCUT2D eigenvalue weighted by Gasteiger charge is 2.34. The van der Waals surface area contributed by atoms with Gasteiger partial charge in [0.2, 0.25) is 11.8 Å². The Kier molecular flexibility index (Phi) is 3.83. The van der Waals surface area contributed by atoms with Gasteiger partial charge in [-0.3, -0.25) is 19.5 Å². The minimum absolute atomic E-state index is 0.0515. The molecular formula is C14H19N3O2. The number of rotatable bonds is 3. The van der Waals surface area contributed by atoms with E-state index in [-0.39, 0.29) is 18.4 Å². The van der Waals surface area contributed by atoms with Gasteiger partial charge in [-0.25, -0.2) is 0 Å². The maximum atomic E-state index is 12.4. The Hall–Kier alpha value is -1.91. The molecule has 0 spiro atoms. The van der Waals surface area contributed by atoms with Crippen LogP contribution in [0.25, 0.3) is 0 Å². The fourth-order valence-electron chi connectivity index (χ4n) is 2.28. The van der Waals surface area contributed by atoms with Gasteiger partial charge in [0.1, 0.15) is 12.6 Å². The van der Waals surface area contributed by atoms with E-state index >= 15 is 0 Å². The molecule has 19 heavy (non-hydrogen) atoms. The number of nitrogens with zero attached hydrogens (tertiary/aromatic N) is 2. The zero-order chi connectivity index (χ0) is 14.0. The van der Waals surface area contributed by atoms with Gasteiger partial charge in [-0.05, 0) is 30.9 Å². The molecule has 0 aromatic carbocycles. The van der Waals surface area contributed by atoms with Crippen LogP contribution in [0.5, 0.6) is 0 Å². The lowest BCUT2D eigenvalue weighted by Gasteiger charge is -2.33. The Morgan fingerprint density at radius 1 is 1.47 bits per heavy atom. The molecule has 2 heterocycles. The Morgan fingerprint density at radius 2 is 2.21 bits per heavy atom. The van der Waals surface area contributed by atoms with Crippen LogP contribution in [-0.4, -0.2) is 29.4 Å². The average molecular weight is 261 g/mol. The zero-order valence-electron chi connectivity index (χ0n) is 11.5. The van der Waals surface area contributed by atoms with Crippen LogP contribution in [0.1, 0.15) is 25.8 Å². The van der Waals surface area contributed by atoms with Gasteiger partial charge in [-0.15, -0.1) is 0 Å². The van der Waals surface area contributed by atoms with E-state index < -0.39 is 6.04 Å². The molecule has 1 aromatic heterocycles. The number of anilines is 1. The predicted molar refractivity (Wildman–Crippen MR) is 72.7 cm³/mol. The summed E-state index contributed by atoms with van der Waals surface area (Å²) >= 11 is 0. The third-order valence-electron chi connectivity index (χ3n) is 3.21. The van der Waals surface area contributed by atoms with Crippen LogP contribution in [-0.2, 0) is 9.59 Å². The third kappa shape index (κ3) is 2.92. The standard InChI is InChI=1S/C14H19N3O2/c1-9(2)6-11-14(19)17(8-13(18)16-11)12-7-15-5-4-10(12)3/h4-5,7,9,11H,6,8H2,1-3H3,(H,16,18). The largest absolute Gasteiger partial charge is 0.343 e. The Balaban J connectivity index is 2.27. The summed E-state index contributed by atoms with van der Waals surface area (Å²) in [5.74, 6) is 0.182. The molecule has 2 amide bonds. The molecule has 1 fully saturated rings. The molecule has 102 valence electrons. The molecule has 5 heteroatoms. The first-order valence-corrected chi connectivity index (χ1v) is 6.50. The number of hydrogen-bond acceptors (Lipinski definition) is 3. The van der Waals surface area contributed by atoms with Crippen molar-refractivity contribution in [2.24, 2.45) is 5.92 Å². The lowest BCUT2D eigenvalue weighted by Crippen LogP contribution is -2.58. The molecule has 0 saturated carbocycles. The monoisotopic (exact) mass is 261 g/mol. The zero-order valence-corrected chi connectivity index (χ0v) is 11.5. The summed E-state index contributed by atoms with van der Waals surface area (Å²) in [7, 11) is 0. The van der Waals surface area contributed by atoms with Gasteiger partial charge in [0.05, 0.1) is 11.9 Å². The van der Waals surface area contributed by atoms with Crippen molar-refractivity contribution in [3.8, 4) is 0 Å². The van der Waals surface area contributed by atoms with Crippen LogP contribution < -0.4 is 10.2 Å². The summed E-state index contributed by atoms with van der Waals surface area (Å²) < 4.78 is 0. The quantitative estimate of drug-likeness (QED) is 0.891. The van der Waals surface area contributed by atoms with Gasteiger partial charge >= 0.3 is 0 Å². The van der Waals surface area contributed by atoms with Crippen molar-refractivity contribution >= 4 is 17.5 Å². The Bertz CT molecular complexity index is 499. The molecule has 0 aliphatic carbocycles. The van der Waals surface area contributed by atoms with Gasteiger partial charge in [-0.2, -0.15) is 0 Å². The molecule has 0 radical (unpaired) electrons. The molecular weight excluding hydrogens is 242 g/mol. The van der Waals surface area contributed by atoms with E-state index in [1.54, 1.807) is 12.4 Å². The van der Waals surface area contributed by atoms with E-state index in [9.17, 15) is 9.59 Å². The second kappa shape index (κ2) is 5.38. The highest BCUT2D eigenvalue weighted by atomic mass is 16.2. The summed E-state index contributed by atoms with van der Waals surface area (Å²) in [6, 6.07) is 1.41. The van der Waals surface area contributed by atoms with Gasteiger partial charge in [-0.1, -0.05) is 13.8 Å². The van der Waals surface area contributed by atoms with Crippen molar-refractivity contribution in [3.05, 3.63) is 24.0 Å². The molecule has 1 saturated heterocycles. The minimum Gasteiger partial charge on any atom is -0.343 e. The highest BCUT2D eigenvalue weighted by Crippen LogP contribution is 2.22. The first kappa shape index (κ1) is 13.5. The minimum atomic E-state index is -0.430. The van der Waals surface area contributed by atoms with E-state index in [0.29, 0.717) is 12.3 Å². The van der Waals surface area contributed by atoms with Crippen LogP contribution in [0.2, 0.25) is 0 Å². The number of carbonyl (C=O) groups excluding carboxylic acids is 2. The van der Waals surface area contributed by atoms with Gasteiger partial charge in [0, 0.05) is 6.20 Å². The Morgan fingerprint density at radius 3 is 2.84 bits per heavy atom. The van der Waals surface area contributed by atoms with Crippen LogP contribution in [0, 0.1) is 12.8 Å². The molecule has 5 nitrogen and oxygen atoms in total. The van der Waals surface area contributed by atoms with E-state index in [0.717, 1.165) is 11.3 Å². The number of aryl methyl sites for hydroxylation is 1. The van der Waals surface area contributed by atoms with Gasteiger partial charge in [0.15, 0.2) is 0 Å². The van der Waals surface area contributed by atoms with Crippen molar-refractivity contribution in [3.63, 3.8) is 0 Å². The summed E-state index contributed by atoms with van der Waals surface area (Å²) in [5.41, 5.74) is 1.66. The molecule has 2 rings (SSSR count). The maximum Gasteiger partial charge on any atom is 0.250 e. The van der Waals surface area contributed by atoms with Gasteiger partial charge < -0.3 is 5.32 Å². The number of nitrogens with one attached hydrogen (secondary N) is 1. The number of carbonyl (C=O) groups is 2. The molecule has 1 unspecified atom stereocenters. The number of pyridine rings is 1. The van der Waals surface area contributed by atoms with Crippen molar-refractivity contribution < 1.29 is 9.59 Å². The SMILES string of the molecule is Cc1ccncc1N1CC(=O)NC(CC(C)C)C1=O. The number of piperazine rings is 1. The second-order valence-corrected chi connectivity index (χ2v) is 5.34. The van der Waals surface area contributed by atoms with E-state index in [1.807, 2.05) is 26.8 Å². The summed E-state index contributed by atoms with van der Waals surface area (Å²) in [5, 5.41) is 2.77. The second-order valence-electron chi connectivity index (χ2n) is 5.34. The first-order chi connectivity index (χ1) is 8.99. The molecule has 1 aromatic rings. The Labute approximate surface area is 113 Å². The van der Waals surface area contributed by atoms with Crippen LogP contribution in [0.3, 0.4) is 0 Å². The maximum absolute atomic E-state index is 12.4. The third-order valence-corrected chi connectivity index (χ3v) is 3.21. The average Bonchev–Trinajstić information content (AvgIpc) is 2.33. The van der Waals surface area contributed by atoms with E-state index in [4.69, 9.17) is 0 Å². The van der Waals surface area contributed by atoms with Gasteiger partial charge in [0.25, 0.3) is 0 Å². The predicted octanol–water partition coefficient (Wildman–Crippen LogP) is 1.27. The number of hydrogen-bond donors (Lipinski definition) is 1. The lowest BCUT2D eigenvalue weighted by molar-refractivity contribution is -0.131. The lowest BCUT2D eigenvalue weighted by atomic mass is 10.0. The van der Waals surface area contributed by atoms with Crippen LogP contribution in [0.15, 0.2) is 18.5 Å². The van der Waals surface area contributed by atoms with Crippen LogP contribution in [0.4, 0.5) is 5.69 Å². The summed E-state index contributed by atoms with van der Waals surface area (Å²) in [4.78, 5) is 29.8. The van der Waals surface area contributed by atoms with Crippen molar-refractivity contribution in [1.29, 1.82) is 0 Å². The summed E-state index contributed by atoms with van der Waals surface area (Å²) in [6.07, 6.45) is 3.97. The fraction of sp³-hybridized carbons (Fsp3) is 0.500. The molecule has 1 N–H and O–H groups in total. The molecule has 0 bridgehead atoms.